The highest BCUT2D eigenvalue weighted by Crippen LogP contribution is 2.50. The lowest BCUT2D eigenvalue weighted by Gasteiger charge is -2.45. The average molecular weight is 275 g/mol. The zero-order valence-electron chi connectivity index (χ0n) is 8.99. The lowest BCUT2D eigenvalue weighted by molar-refractivity contribution is -0.148. The van der Waals surface area contributed by atoms with Crippen LogP contribution in [0, 0.1) is 0 Å². The van der Waals surface area contributed by atoms with E-state index in [0.717, 1.165) is 12.0 Å². The zero-order valence-corrected chi connectivity index (χ0v) is 10.5. The normalized spacial score (nSPS) is 27.6. The van der Waals surface area contributed by atoms with Crippen LogP contribution >= 0.6 is 23.2 Å². The van der Waals surface area contributed by atoms with E-state index in [1.54, 1.807) is 18.2 Å². The van der Waals surface area contributed by atoms with Crippen LogP contribution in [0.15, 0.2) is 18.2 Å². The van der Waals surface area contributed by atoms with Gasteiger partial charge in [-0.2, -0.15) is 0 Å². The molecule has 0 saturated heterocycles. The van der Waals surface area contributed by atoms with Crippen molar-refractivity contribution in [2.24, 2.45) is 0 Å². The van der Waals surface area contributed by atoms with Crippen molar-refractivity contribution >= 4 is 29.2 Å². The Kier molecular flexibility index (Phi) is 3.34. The highest BCUT2D eigenvalue weighted by molar-refractivity contribution is 6.42. The van der Waals surface area contributed by atoms with Gasteiger partial charge in [-0.05, 0) is 24.5 Å². The number of hydrogen-bond donors (Lipinski definition) is 2. The Labute approximate surface area is 109 Å². The molecule has 0 spiro atoms. The highest BCUT2D eigenvalue weighted by Gasteiger charge is 2.48. The molecule has 0 radical (unpaired) electrons. The fourth-order valence-electron chi connectivity index (χ4n) is 2.33. The van der Waals surface area contributed by atoms with E-state index in [2.05, 4.69) is 0 Å². The summed E-state index contributed by atoms with van der Waals surface area (Å²) in [5.74, 6) is -1.25. The smallest absolute Gasteiger partial charge is 0.306 e. The average Bonchev–Trinajstić information content (AvgIpc) is 2.22. The van der Waals surface area contributed by atoms with Crippen LogP contribution in [0.4, 0.5) is 0 Å². The molecule has 17 heavy (non-hydrogen) atoms. The van der Waals surface area contributed by atoms with E-state index in [9.17, 15) is 9.90 Å². The number of halogens is 2. The van der Waals surface area contributed by atoms with Gasteiger partial charge in [-0.15, -0.1) is 0 Å². The molecule has 1 aromatic carbocycles. The molecule has 1 saturated carbocycles. The molecule has 0 aliphatic heterocycles. The minimum absolute atomic E-state index is 0.246. The molecule has 2 unspecified atom stereocenters. The van der Waals surface area contributed by atoms with Gasteiger partial charge in [0.05, 0.1) is 22.1 Å². The van der Waals surface area contributed by atoms with Crippen molar-refractivity contribution in [3.63, 3.8) is 0 Å². The lowest BCUT2D eigenvalue weighted by atomic mass is 9.64. The van der Waals surface area contributed by atoms with Crippen molar-refractivity contribution in [2.45, 2.75) is 30.8 Å². The molecule has 2 rings (SSSR count). The molecule has 1 aliphatic carbocycles. The molecular formula is C12H12Cl2O3. The first kappa shape index (κ1) is 12.7. The zero-order chi connectivity index (χ0) is 12.6. The summed E-state index contributed by atoms with van der Waals surface area (Å²) in [5.41, 5.74) is -0.464. The summed E-state index contributed by atoms with van der Waals surface area (Å²) < 4.78 is 0. The largest absolute Gasteiger partial charge is 0.481 e. The summed E-state index contributed by atoms with van der Waals surface area (Å²) in [6, 6.07) is 5.20. The Bertz CT molecular complexity index is 461. The molecule has 1 fully saturated rings. The molecule has 5 heteroatoms. The number of aliphatic carboxylic acids is 1. The summed E-state index contributed by atoms with van der Waals surface area (Å²) >= 11 is 12.0. The number of benzene rings is 1. The third kappa shape index (κ3) is 2.28. The first-order valence-electron chi connectivity index (χ1n) is 5.32. The van der Waals surface area contributed by atoms with Gasteiger partial charge in [-0.25, -0.2) is 0 Å². The second kappa shape index (κ2) is 4.48. The molecule has 92 valence electrons. The number of aliphatic hydroxyl groups is 1. The SMILES string of the molecule is O=C(O)CC1(O)CCC1c1cccc(Cl)c1Cl. The summed E-state index contributed by atoms with van der Waals surface area (Å²) in [5, 5.41) is 19.8. The second-order valence-electron chi connectivity index (χ2n) is 4.41. The van der Waals surface area contributed by atoms with Crippen molar-refractivity contribution in [1.29, 1.82) is 0 Å². The fourth-order valence-corrected chi connectivity index (χ4v) is 2.77. The van der Waals surface area contributed by atoms with Gasteiger partial charge in [0.1, 0.15) is 0 Å². The van der Waals surface area contributed by atoms with Gasteiger partial charge in [0, 0.05) is 5.92 Å². The van der Waals surface area contributed by atoms with Crippen molar-refractivity contribution in [3.8, 4) is 0 Å². The van der Waals surface area contributed by atoms with Gasteiger partial charge < -0.3 is 10.2 Å². The van der Waals surface area contributed by atoms with E-state index in [-0.39, 0.29) is 12.3 Å². The van der Waals surface area contributed by atoms with E-state index in [1.165, 1.54) is 0 Å². The summed E-state index contributed by atoms with van der Waals surface area (Å²) in [6.45, 7) is 0. The Morgan fingerprint density at radius 3 is 2.71 bits per heavy atom. The van der Waals surface area contributed by atoms with E-state index < -0.39 is 11.6 Å². The van der Waals surface area contributed by atoms with Crippen LogP contribution in [-0.2, 0) is 4.79 Å². The molecular weight excluding hydrogens is 263 g/mol. The quantitative estimate of drug-likeness (QED) is 0.891. The summed E-state index contributed by atoms with van der Waals surface area (Å²) in [6.07, 6.45) is 0.942. The maximum Gasteiger partial charge on any atom is 0.306 e. The monoisotopic (exact) mass is 274 g/mol. The van der Waals surface area contributed by atoms with Gasteiger partial charge >= 0.3 is 5.97 Å². The highest BCUT2D eigenvalue weighted by atomic mass is 35.5. The first-order valence-corrected chi connectivity index (χ1v) is 6.08. The molecule has 0 bridgehead atoms. The van der Waals surface area contributed by atoms with Gasteiger partial charge in [0.25, 0.3) is 0 Å². The van der Waals surface area contributed by atoms with Crippen LogP contribution < -0.4 is 0 Å². The van der Waals surface area contributed by atoms with E-state index in [4.69, 9.17) is 28.3 Å². The number of carbonyl (C=O) groups is 1. The van der Waals surface area contributed by atoms with E-state index in [0.29, 0.717) is 16.5 Å². The minimum Gasteiger partial charge on any atom is -0.481 e. The topological polar surface area (TPSA) is 57.5 Å². The molecule has 3 nitrogen and oxygen atoms in total. The van der Waals surface area contributed by atoms with Crippen molar-refractivity contribution in [3.05, 3.63) is 33.8 Å². The van der Waals surface area contributed by atoms with Gasteiger partial charge in [-0.3, -0.25) is 4.79 Å². The number of rotatable bonds is 3. The van der Waals surface area contributed by atoms with E-state index in [1.807, 2.05) is 0 Å². The Balaban J connectivity index is 2.29. The third-order valence-corrected chi connectivity index (χ3v) is 4.16. The van der Waals surface area contributed by atoms with Gasteiger partial charge in [-0.1, -0.05) is 35.3 Å². The first-order chi connectivity index (χ1) is 7.94. The number of carboxylic acids is 1. The Morgan fingerprint density at radius 2 is 2.18 bits per heavy atom. The summed E-state index contributed by atoms with van der Waals surface area (Å²) in [7, 11) is 0. The molecule has 0 heterocycles. The predicted molar refractivity (Wildman–Crippen MR) is 65.6 cm³/mol. The fraction of sp³-hybridized carbons (Fsp3) is 0.417. The van der Waals surface area contributed by atoms with Crippen LogP contribution in [-0.4, -0.2) is 21.8 Å². The number of hydrogen-bond acceptors (Lipinski definition) is 2. The van der Waals surface area contributed by atoms with Crippen LogP contribution in [0.3, 0.4) is 0 Å². The van der Waals surface area contributed by atoms with Crippen molar-refractivity contribution < 1.29 is 15.0 Å². The van der Waals surface area contributed by atoms with Crippen LogP contribution in [0.25, 0.3) is 0 Å². The van der Waals surface area contributed by atoms with Crippen molar-refractivity contribution in [1.82, 2.24) is 0 Å². The molecule has 0 amide bonds. The maximum absolute atomic E-state index is 10.7. The molecule has 2 N–H and O–H groups in total. The summed E-state index contributed by atoms with van der Waals surface area (Å²) in [4.78, 5) is 10.7. The van der Waals surface area contributed by atoms with Gasteiger partial charge in [0.15, 0.2) is 0 Å². The molecule has 1 aliphatic rings. The molecule has 1 aromatic rings. The molecule has 0 aromatic heterocycles. The maximum atomic E-state index is 10.7. The standard InChI is InChI=1S/C12H12Cl2O3/c13-9-3-1-2-7(11(9)14)8-4-5-12(8,17)6-10(15)16/h1-3,8,17H,4-6H2,(H,15,16). The van der Waals surface area contributed by atoms with Crippen molar-refractivity contribution in [2.75, 3.05) is 0 Å². The third-order valence-electron chi connectivity index (χ3n) is 3.33. The minimum atomic E-state index is -1.19. The predicted octanol–water partition coefficient (Wildman–Crippen LogP) is 3.08. The molecule has 2 atom stereocenters. The number of carboxylic acid groups (broad SMARTS) is 1. The van der Waals surface area contributed by atoms with Crippen LogP contribution in [0.5, 0.6) is 0 Å². The van der Waals surface area contributed by atoms with Crippen LogP contribution in [0.1, 0.15) is 30.7 Å². The van der Waals surface area contributed by atoms with Gasteiger partial charge in [0.2, 0.25) is 0 Å². The van der Waals surface area contributed by atoms with Crippen LogP contribution in [0.2, 0.25) is 10.0 Å². The van der Waals surface area contributed by atoms with E-state index >= 15 is 0 Å². The second-order valence-corrected chi connectivity index (χ2v) is 5.19. The lowest BCUT2D eigenvalue weighted by Crippen LogP contribution is -2.47. The Morgan fingerprint density at radius 1 is 1.47 bits per heavy atom. The Hall–Kier alpha value is -0.770.